The molecule has 1 atom stereocenters. The maximum Gasteiger partial charge on any atom is 0.303 e. The summed E-state index contributed by atoms with van der Waals surface area (Å²) in [6.45, 7) is 3.69. The summed E-state index contributed by atoms with van der Waals surface area (Å²) < 4.78 is 1.90. The molecule has 0 fully saturated rings. The molecule has 0 aliphatic rings. The first-order valence-corrected chi connectivity index (χ1v) is 7.24. The van der Waals surface area contributed by atoms with Gasteiger partial charge in [-0.25, -0.2) is 0 Å². The molecule has 2 aromatic rings. The summed E-state index contributed by atoms with van der Waals surface area (Å²) in [5.41, 5.74) is 2.05. The maximum atomic E-state index is 11.3. The van der Waals surface area contributed by atoms with Crippen molar-refractivity contribution in [2.24, 2.45) is 0 Å². The molecule has 1 aromatic carbocycles. The highest BCUT2D eigenvalue weighted by Crippen LogP contribution is 2.36. The second kappa shape index (κ2) is 6.48. The molecule has 7 heteroatoms. The molecule has 0 bridgehead atoms. The number of rotatable bonds is 6. The zero-order chi connectivity index (χ0) is 17.1. The van der Waals surface area contributed by atoms with Gasteiger partial charge in [0.25, 0.3) is 5.69 Å². The van der Waals surface area contributed by atoms with Crippen LogP contribution in [0.4, 0.5) is 5.69 Å². The van der Waals surface area contributed by atoms with Gasteiger partial charge in [-0.05, 0) is 26.3 Å². The zero-order valence-electron chi connectivity index (χ0n) is 12.9. The van der Waals surface area contributed by atoms with Gasteiger partial charge in [-0.3, -0.25) is 14.9 Å². The van der Waals surface area contributed by atoms with Crippen LogP contribution in [0.25, 0.3) is 10.9 Å². The first-order valence-electron chi connectivity index (χ1n) is 7.24. The van der Waals surface area contributed by atoms with Gasteiger partial charge in [0.05, 0.1) is 28.3 Å². The zero-order valence-corrected chi connectivity index (χ0v) is 12.9. The Morgan fingerprint density at radius 2 is 2.22 bits per heavy atom. The highest BCUT2D eigenvalue weighted by molar-refractivity contribution is 5.94. The summed E-state index contributed by atoms with van der Waals surface area (Å²) in [5.74, 6) is -0.880. The fraction of sp³-hybridized carbons (Fsp3) is 0.375. The number of nitrogens with zero attached hydrogens (tertiary/aromatic N) is 3. The van der Waals surface area contributed by atoms with Crippen molar-refractivity contribution in [1.29, 1.82) is 5.26 Å². The lowest BCUT2D eigenvalue weighted by Gasteiger charge is -2.17. The highest BCUT2D eigenvalue weighted by atomic mass is 16.6. The normalized spacial score (nSPS) is 12.0. The topological polar surface area (TPSA) is 109 Å². The van der Waals surface area contributed by atoms with Gasteiger partial charge < -0.3 is 9.67 Å². The van der Waals surface area contributed by atoms with Crippen molar-refractivity contribution in [3.8, 4) is 6.07 Å². The third-order valence-corrected chi connectivity index (χ3v) is 4.05. The van der Waals surface area contributed by atoms with Crippen LogP contribution in [0, 0.1) is 28.4 Å². The van der Waals surface area contributed by atoms with Crippen LogP contribution in [0.3, 0.4) is 0 Å². The second-order valence-electron chi connectivity index (χ2n) is 5.48. The summed E-state index contributed by atoms with van der Waals surface area (Å²) in [7, 11) is 0. The standard InChI is InChI=1S/C16H17N3O4/c1-10(6-7-15(20)21)18-11(2)12(8-9-17)16-13(18)4-3-5-14(16)19(22)23/h3-5,10H,6-8H2,1-2H3,(H,20,21). The molecule has 1 aromatic heterocycles. The molecule has 0 aliphatic heterocycles. The van der Waals surface area contributed by atoms with Gasteiger partial charge in [0.1, 0.15) is 0 Å². The van der Waals surface area contributed by atoms with Crippen molar-refractivity contribution in [3.05, 3.63) is 39.6 Å². The molecule has 0 amide bonds. The van der Waals surface area contributed by atoms with E-state index in [1.165, 1.54) is 6.07 Å². The lowest BCUT2D eigenvalue weighted by atomic mass is 10.1. The molecule has 0 radical (unpaired) electrons. The minimum atomic E-state index is -0.880. The van der Waals surface area contributed by atoms with E-state index in [0.717, 1.165) is 5.69 Å². The number of nitro groups is 1. The van der Waals surface area contributed by atoms with Crippen LogP contribution >= 0.6 is 0 Å². The summed E-state index contributed by atoms with van der Waals surface area (Å²) >= 11 is 0. The fourth-order valence-corrected chi connectivity index (χ4v) is 3.02. The summed E-state index contributed by atoms with van der Waals surface area (Å²) in [6, 6.07) is 6.72. The van der Waals surface area contributed by atoms with Crippen LogP contribution in [0.15, 0.2) is 18.2 Å². The molecule has 1 heterocycles. The Balaban J connectivity index is 2.68. The second-order valence-corrected chi connectivity index (χ2v) is 5.48. The Bertz CT molecular complexity index is 817. The Morgan fingerprint density at radius 3 is 2.78 bits per heavy atom. The van der Waals surface area contributed by atoms with Crippen molar-refractivity contribution in [2.75, 3.05) is 0 Å². The van der Waals surface area contributed by atoms with Crippen LogP contribution in [-0.2, 0) is 11.2 Å². The number of fused-ring (bicyclic) bond motifs is 1. The molecule has 120 valence electrons. The summed E-state index contributed by atoms with van der Waals surface area (Å²) in [4.78, 5) is 21.7. The monoisotopic (exact) mass is 315 g/mol. The summed E-state index contributed by atoms with van der Waals surface area (Å²) in [6.07, 6.45) is 0.503. The van der Waals surface area contributed by atoms with Crippen LogP contribution in [0.5, 0.6) is 0 Å². The number of carbonyl (C=O) groups is 1. The van der Waals surface area contributed by atoms with Crippen molar-refractivity contribution < 1.29 is 14.8 Å². The number of carboxylic acids is 1. The van der Waals surface area contributed by atoms with Gasteiger partial charge >= 0.3 is 5.97 Å². The van der Waals surface area contributed by atoms with Crippen LogP contribution < -0.4 is 0 Å². The molecule has 2 rings (SSSR count). The third kappa shape index (κ3) is 3.01. The van der Waals surface area contributed by atoms with Gasteiger partial charge in [-0.1, -0.05) is 6.07 Å². The van der Waals surface area contributed by atoms with E-state index in [1.807, 2.05) is 18.4 Å². The van der Waals surface area contributed by atoms with Crippen LogP contribution in [0.1, 0.15) is 37.1 Å². The van der Waals surface area contributed by atoms with Gasteiger partial charge in [0, 0.05) is 29.8 Å². The van der Waals surface area contributed by atoms with Crippen molar-refractivity contribution in [2.45, 2.75) is 39.2 Å². The van der Waals surface area contributed by atoms with Crippen LogP contribution in [-0.4, -0.2) is 20.6 Å². The van der Waals surface area contributed by atoms with E-state index in [2.05, 4.69) is 6.07 Å². The number of nitro benzene ring substituents is 1. The minimum Gasteiger partial charge on any atom is -0.481 e. The minimum absolute atomic E-state index is 0.0167. The Hall–Kier alpha value is -2.88. The van der Waals surface area contributed by atoms with Crippen molar-refractivity contribution in [1.82, 2.24) is 4.57 Å². The first kappa shape index (κ1) is 16.5. The number of benzene rings is 1. The average molecular weight is 315 g/mol. The maximum absolute atomic E-state index is 11.3. The Morgan fingerprint density at radius 1 is 1.52 bits per heavy atom. The predicted molar refractivity (Wildman–Crippen MR) is 84.2 cm³/mol. The van der Waals surface area contributed by atoms with E-state index < -0.39 is 10.9 Å². The smallest absolute Gasteiger partial charge is 0.303 e. The van der Waals surface area contributed by atoms with Gasteiger partial charge in [0.15, 0.2) is 0 Å². The van der Waals surface area contributed by atoms with E-state index in [1.54, 1.807) is 12.1 Å². The molecule has 0 aliphatic carbocycles. The molecule has 23 heavy (non-hydrogen) atoms. The quantitative estimate of drug-likeness (QED) is 0.649. The molecular formula is C16H17N3O4. The fourth-order valence-electron chi connectivity index (χ4n) is 3.02. The van der Waals surface area contributed by atoms with E-state index in [-0.39, 0.29) is 24.6 Å². The lowest BCUT2D eigenvalue weighted by molar-refractivity contribution is -0.383. The molecule has 1 N–H and O–H groups in total. The molecule has 7 nitrogen and oxygen atoms in total. The van der Waals surface area contributed by atoms with Gasteiger partial charge in [-0.2, -0.15) is 5.26 Å². The molecule has 1 unspecified atom stereocenters. The molecule has 0 spiro atoms. The van der Waals surface area contributed by atoms with Crippen molar-refractivity contribution in [3.63, 3.8) is 0 Å². The molecule has 0 saturated carbocycles. The number of aliphatic carboxylic acids is 1. The molecule has 0 saturated heterocycles. The van der Waals surface area contributed by atoms with E-state index in [9.17, 15) is 14.9 Å². The van der Waals surface area contributed by atoms with E-state index >= 15 is 0 Å². The highest BCUT2D eigenvalue weighted by Gasteiger charge is 2.24. The van der Waals surface area contributed by atoms with Gasteiger partial charge in [-0.15, -0.1) is 0 Å². The van der Waals surface area contributed by atoms with E-state index in [4.69, 9.17) is 10.4 Å². The number of carboxylic acid groups (broad SMARTS) is 1. The van der Waals surface area contributed by atoms with E-state index in [0.29, 0.717) is 22.9 Å². The Kier molecular flexibility index (Phi) is 4.65. The molecular weight excluding hydrogens is 298 g/mol. The third-order valence-electron chi connectivity index (χ3n) is 4.05. The summed E-state index contributed by atoms with van der Waals surface area (Å²) in [5, 5.41) is 29.7. The number of aromatic nitrogens is 1. The number of nitriles is 1. The first-order chi connectivity index (χ1) is 10.9. The average Bonchev–Trinajstić information content (AvgIpc) is 2.77. The van der Waals surface area contributed by atoms with Gasteiger partial charge in [0.2, 0.25) is 0 Å². The predicted octanol–water partition coefficient (Wildman–Crippen LogP) is 3.35. The van der Waals surface area contributed by atoms with Crippen LogP contribution in [0.2, 0.25) is 0 Å². The number of non-ortho nitro benzene ring substituents is 1. The SMILES string of the molecule is Cc1c(CC#N)c2c([N+](=O)[O-])cccc2n1C(C)CCC(=O)O. The van der Waals surface area contributed by atoms with Crippen molar-refractivity contribution >= 4 is 22.6 Å². The number of hydrogen-bond acceptors (Lipinski definition) is 4. The lowest BCUT2D eigenvalue weighted by Crippen LogP contribution is -2.09. The largest absolute Gasteiger partial charge is 0.481 e. The number of hydrogen-bond donors (Lipinski definition) is 1. The Labute approximate surface area is 132 Å².